The lowest BCUT2D eigenvalue weighted by Crippen LogP contribution is -2.54. The molecule has 23 heavy (non-hydrogen) atoms. The molecule has 0 aliphatic carbocycles. The third-order valence-corrected chi connectivity index (χ3v) is 4.97. The van der Waals surface area contributed by atoms with Crippen molar-refractivity contribution in [2.75, 3.05) is 26.7 Å². The predicted molar refractivity (Wildman–Crippen MR) is 93.8 cm³/mol. The molecule has 1 N–H and O–H groups in total. The second-order valence-electron chi connectivity index (χ2n) is 6.71. The Morgan fingerprint density at radius 3 is 2.87 bits per heavy atom. The molecule has 5 heteroatoms. The zero-order valence-electron chi connectivity index (χ0n) is 14.7. The fourth-order valence-corrected chi connectivity index (χ4v) is 3.64. The minimum absolute atomic E-state index is 0.627. The van der Waals surface area contributed by atoms with E-state index in [-0.39, 0.29) is 0 Å². The summed E-state index contributed by atoms with van der Waals surface area (Å²) in [5.74, 6) is 0.854. The summed E-state index contributed by atoms with van der Waals surface area (Å²) in [5, 5.41) is 8.85. The van der Waals surface area contributed by atoms with Gasteiger partial charge >= 0.3 is 0 Å². The third-order valence-electron chi connectivity index (χ3n) is 4.97. The van der Waals surface area contributed by atoms with Gasteiger partial charge in [-0.15, -0.1) is 0 Å². The monoisotopic (exact) mass is 316 g/mol. The van der Waals surface area contributed by atoms with Crippen LogP contribution in [0.5, 0.6) is 5.75 Å². The van der Waals surface area contributed by atoms with Gasteiger partial charge in [0.1, 0.15) is 5.75 Å². The molecule has 0 unspecified atom stereocenters. The summed E-state index contributed by atoms with van der Waals surface area (Å²) in [6, 6.07) is 7.38. The maximum Gasteiger partial charge on any atom is 0.121 e. The average molecular weight is 316 g/mol. The average Bonchev–Trinajstić information content (AvgIpc) is 2.96. The summed E-state index contributed by atoms with van der Waals surface area (Å²) in [4.78, 5) is 5.18. The summed E-state index contributed by atoms with van der Waals surface area (Å²) in [6.07, 6.45) is 1.20. The van der Waals surface area contributed by atoms with E-state index in [9.17, 15) is 0 Å². The van der Waals surface area contributed by atoms with Crippen LogP contribution in [0.3, 0.4) is 0 Å². The van der Waals surface area contributed by atoms with Crippen molar-refractivity contribution in [2.45, 2.75) is 45.8 Å². The molecule has 1 aromatic carbocycles. The molecule has 1 aliphatic heterocycles. The number of rotatable bonds is 5. The lowest BCUT2D eigenvalue weighted by atomic mass is 10.1. The molecule has 0 radical (unpaired) electrons. The Morgan fingerprint density at radius 1 is 1.35 bits per heavy atom. The van der Waals surface area contributed by atoms with Crippen LogP contribution >= 0.6 is 0 Å². The van der Waals surface area contributed by atoms with Crippen LogP contribution in [0.1, 0.15) is 32.9 Å². The summed E-state index contributed by atoms with van der Waals surface area (Å²) in [5.41, 5.74) is 2.18. The highest BCUT2D eigenvalue weighted by molar-refractivity contribution is 5.82. The zero-order valence-corrected chi connectivity index (χ0v) is 14.7. The zero-order chi connectivity index (χ0) is 16.4. The van der Waals surface area contributed by atoms with E-state index in [4.69, 9.17) is 4.74 Å². The van der Waals surface area contributed by atoms with Crippen LogP contribution in [0.25, 0.3) is 10.9 Å². The second-order valence-corrected chi connectivity index (χ2v) is 6.71. The topological polar surface area (TPSA) is 44.4 Å². The van der Waals surface area contributed by atoms with E-state index in [0.29, 0.717) is 12.1 Å². The van der Waals surface area contributed by atoms with E-state index in [2.05, 4.69) is 46.8 Å². The van der Waals surface area contributed by atoms with Crippen molar-refractivity contribution in [1.29, 1.82) is 0 Å². The summed E-state index contributed by atoms with van der Waals surface area (Å²) < 4.78 is 5.27. The standard InChI is InChI=1S/C18H28N4O/c1-5-14-11-21(8-9-22(14)13(2)3)12-18-16-7-6-15(23-4)10-17(16)19-20-18/h6-7,10,13-14H,5,8-9,11-12H2,1-4H3,(H,19,20)/t14-/m1/s1. The first-order valence-corrected chi connectivity index (χ1v) is 8.61. The van der Waals surface area contributed by atoms with Crippen LogP contribution < -0.4 is 4.74 Å². The number of aromatic amines is 1. The van der Waals surface area contributed by atoms with E-state index < -0.39 is 0 Å². The quantitative estimate of drug-likeness (QED) is 0.921. The van der Waals surface area contributed by atoms with Crippen molar-refractivity contribution in [3.05, 3.63) is 23.9 Å². The second kappa shape index (κ2) is 6.89. The maximum absolute atomic E-state index is 5.27. The van der Waals surface area contributed by atoms with Gasteiger partial charge in [0, 0.05) is 49.7 Å². The van der Waals surface area contributed by atoms with Gasteiger partial charge < -0.3 is 4.74 Å². The number of nitrogens with zero attached hydrogens (tertiary/aromatic N) is 3. The molecule has 1 aromatic heterocycles. The van der Waals surface area contributed by atoms with E-state index in [1.807, 2.05) is 12.1 Å². The number of fused-ring (bicyclic) bond motifs is 1. The van der Waals surface area contributed by atoms with E-state index in [0.717, 1.165) is 37.4 Å². The van der Waals surface area contributed by atoms with Gasteiger partial charge in [0.15, 0.2) is 0 Å². The van der Waals surface area contributed by atoms with Gasteiger partial charge in [-0.25, -0.2) is 0 Å². The van der Waals surface area contributed by atoms with Gasteiger partial charge in [-0.3, -0.25) is 14.9 Å². The van der Waals surface area contributed by atoms with Gasteiger partial charge in [0.05, 0.1) is 18.3 Å². The van der Waals surface area contributed by atoms with Crippen LogP contribution in [0.15, 0.2) is 18.2 Å². The van der Waals surface area contributed by atoms with Crippen LogP contribution in [0.4, 0.5) is 0 Å². The van der Waals surface area contributed by atoms with Crippen LogP contribution in [-0.2, 0) is 6.54 Å². The molecule has 2 aromatic rings. The number of hydrogen-bond acceptors (Lipinski definition) is 4. The van der Waals surface area contributed by atoms with Crippen molar-refractivity contribution in [3.8, 4) is 5.75 Å². The Morgan fingerprint density at radius 2 is 2.17 bits per heavy atom. The molecule has 126 valence electrons. The summed E-state index contributed by atoms with van der Waals surface area (Å²) in [7, 11) is 1.69. The smallest absolute Gasteiger partial charge is 0.121 e. The van der Waals surface area contributed by atoms with Crippen molar-refractivity contribution >= 4 is 10.9 Å². The minimum Gasteiger partial charge on any atom is -0.497 e. The molecule has 0 saturated carbocycles. The molecule has 3 rings (SSSR count). The van der Waals surface area contributed by atoms with Crippen molar-refractivity contribution < 1.29 is 4.74 Å². The lowest BCUT2D eigenvalue weighted by molar-refractivity contribution is 0.0453. The molecule has 1 saturated heterocycles. The number of aromatic nitrogens is 2. The van der Waals surface area contributed by atoms with Gasteiger partial charge in [0.25, 0.3) is 0 Å². The highest BCUT2D eigenvalue weighted by atomic mass is 16.5. The van der Waals surface area contributed by atoms with E-state index in [1.165, 1.54) is 17.5 Å². The normalized spacial score (nSPS) is 20.5. The summed E-state index contributed by atoms with van der Waals surface area (Å²) >= 11 is 0. The molecule has 1 atom stereocenters. The first-order chi connectivity index (χ1) is 11.1. The Kier molecular flexibility index (Phi) is 4.87. The number of benzene rings is 1. The Hall–Kier alpha value is -1.59. The lowest BCUT2D eigenvalue weighted by Gasteiger charge is -2.43. The van der Waals surface area contributed by atoms with Crippen LogP contribution in [-0.4, -0.2) is 58.8 Å². The van der Waals surface area contributed by atoms with Crippen LogP contribution in [0, 0.1) is 0 Å². The molecule has 5 nitrogen and oxygen atoms in total. The SMILES string of the molecule is CC[C@@H]1CN(Cc2[nH]nc3cc(OC)ccc23)CCN1C(C)C. The van der Waals surface area contributed by atoms with Gasteiger partial charge in [0.2, 0.25) is 0 Å². The van der Waals surface area contributed by atoms with Crippen molar-refractivity contribution in [1.82, 2.24) is 20.0 Å². The predicted octanol–water partition coefficient (Wildman–Crippen LogP) is 2.88. The number of nitrogens with one attached hydrogen (secondary N) is 1. The van der Waals surface area contributed by atoms with Crippen LogP contribution in [0.2, 0.25) is 0 Å². The first kappa shape index (κ1) is 16.3. The summed E-state index contributed by atoms with van der Waals surface area (Å²) in [6.45, 7) is 11.2. The highest BCUT2D eigenvalue weighted by Crippen LogP contribution is 2.24. The molecule has 1 aliphatic rings. The number of methoxy groups -OCH3 is 1. The number of H-pyrrole nitrogens is 1. The largest absolute Gasteiger partial charge is 0.497 e. The Balaban J connectivity index is 1.73. The molecule has 2 heterocycles. The minimum atomic E-state index is 0.627. The Bertz CT molecular complexity index is 652. The number of ether oxygens (including phenoxy) is 1. The van der Waals surface area contributed by atoms with Crippen molar-refractivity contribution in [3.63, 3.8) is 0 Å². The molecular formula is C18H28N4O. The number of hydrogen-bond donors (Lipinski definition) is 1. The fraction of sp³-hybridized carbons (Fsp3) is 0.611. The third kappa shape index (κ3) is 3.35. The highest BCUT2D eigenvalue weighted by Gasteiger charge is 2.27. The molecule has 0 bridgehead atoms. The maximum atomic E-state index is 5.27. The van der Waals surface area contributed by atoms with E-state index in [1.54, 1.807) is 7.11 Å². The van der Waals surface area contributed by atoms with Gasteiger partial charge in [-0.2, -0.15) is 5.10 Å². The Labute approximate surface area is 138 Å². The van der Waals surface area contributed by atoms with Gasteiger partial charge in [-0.1, -0.05) is 6.92 Å². The molecule has 0 spiro atoms. The first-order valence-electron chi connectivity index (χ1n) is 8.61. The molecule has 0 amide bonds. The number of piperazine rings is 1. The van der Waals surface area contributed by atoms with Crippen molar-refractivity contribution in [2.24, 2.45) is 0 Å². The fourth-order valence-electron chi connectivity index (χ4n) is 3.64. The molecular weight excluding hydrogens is 288 g/mol. The van der Waals surface area contributed by atoms with E-state index >= 15 is 0 Å². The molecule has 1 fully saturated rings. The van der Waals surface area contributed by atoms with Gasteiger partial charge in [-0.05, 0) is 32.4 Å².